The van der Waals surface area contributed by atoms with E-state index in [0.29, 0.717) is 44.6 Å². The number of hydrogen-bond donors (Lipinski definition) is 4. The molecule has 4 aliphatic rings. The van der Waals surface area contributed by atoms with Crippen LogP contribution in [0.1, 0.15) is 86.5 Å². The van der Waals surface area contributed by atoms with Gasteiger partial charge in [-0.15, -0.1) is 0 Å². The Bertz CT molecular complexity index is 2770. The first-order valence-corrected chi connectivity index (χ1v) is 29.5. The molecule has 412 valence electrons. The highest BCUT2D eigenvalue weighted by Gasteiger charge is 2.42. The molecule has 0 aromatic heterocycles. The average molecular weight is 1090 g/mol. The molecular weight excluding hydrogens is 1010 g/mol. The standard InChI is InChI=1S/C29H39N3O6S.C27H35N3O6S/c1-22-8-14-25(15-9-22)39(36,37)32-19-5-7-27(32)28(33)30-26(29(34)35)21-23-10-12-24(13-11-23)38-20-6-18-31-16-3-2-4-17-31;1-20-6-12-23(13-7-20)37(34,35)30-16-4-5-25(30)26(31)28-24(27(32)33)19-21-8-10-22(11-9-21)36-18-17-29-14-2-3-15-29/h8-15,26-27H,2-7,16-21H2,1H3,(H,30,33)(H,34,35);6-13,24-25H,2-5,14-19H2,1H3,(H,28,31)(H,32,33)/t26-,27-;24-,25-/m00/s1. The summed E-state index contributed by atoms with van der Waals surface area (Å²) in [6, 6.07) is 23.1. The van der Waals surface area contributed by atoms with Crippen LogP contribution in [0, 0.1) is 13.8 Å². The minimum atomic E-state index is -3.88. The molecule has 4 aromatic rings. The van der Waals surface area contributed by atoms with E-state index in [1.54, 1.807) is 60.7 Å². The fraction of sp³-hybridized carbons (Fsp3) is 0.500. The highest BCUT2D eigenvalue weighted by Crippen LogP contribution is 2.29. The van der Waals surface area contributed by atoms with E-state index in [-0.39, 0.29) is 35.7 Å². The maximum atomic E-state index is 13.2. The number of carbonyl (C=O) groups is 4. The van der Waals surface area contributed by atoms with Crippen LogP contribution in [0.4, 0.5) is 0 Å². The normalized spacial score (nSPS) is 19.5. The van der Waals surface area contributed by atoms with Crippen molar-refractivity contribution in [2.45, 2.75) is 125 Å². The summed E-state index contributed by atoms with van der Waals surface area (Å²) in [4.78, 5) is 55.2. The smallest absolute Gasteiger partial charge is 0.326 e. The van der Waals surface area contributed by atoms with Gasteiger partial charge >= 0.3 is 11.9 Å². The van der Waals surface area contributed by atoms with Crippen LogP contribution in [-0.2, 0) is 52.1 Å². The molecule has 2 amide bonds. The van der Waals surface area contributed by atoms with E-state index >= 15 is 0 Å². The van der Waals surface area contributed by atoms with Gasteiger partial charge < -0.3 is 35.2 Å². The summed E-state index contributed by atoms with van der Waals surface area (Å²) < 4.78 is 66.7. The van der Waals surface area contributed by atoms with Crippen molar-refractivity contribution < 1.29 is 55.7 Å². The second kappa shape index (κ2) is 27.4. The summed E-state index contributed by atoms with van der Waals surface area (Å²) in [5.41, 5.74) is 3.33. The quantitative estimate of drug-likeness (QED) is 0.0658. The van der Waals surface area contributed by atoms with Gasteiger partial charge in [0.05, 0.1) is 16.4 Å². The van der Waals surface area contributed by atoms with Gasteiger partial charge in [-0.1, -0.05) is 66.1 Å². The van der Waals surface area contributed by atoms with Crippen molar-refractivity contribution in [3.05, 3.63) is 119 Å². The Kier molecular flexibility index (Phi) is 20.9. The van der Waals surface area contributed by atoms with Gasteiger partial charge in [0, 0.05) is 39.0 Å². The van der Waals surface area contributed by atoms with Crippen molar-refractivity contribution in [3.63, 3.8) is 0 Å². The fourth-order valence-electron chi connectivity index (χ4n) is 10.1. The number of aliphatic carboxylic acids is 2. The van der Waals surface area contributed by atoms with E-state index in [4.69, 9.17) is 9.47 Å². The van der Waals surface area contributed by atoms with E-state index < -0.39 is 68.0 Å². The molecule has 4 fully saturated rings. The van der Waals surface area contributed by atoms with Crippen molar-refractivity contribution in [3.8, 4) is 11.5 Å². The molecule has 8 rings (SSSR count). The Morgan fingerprint density at radius 1 is 0.513 bits per heavy atom. The molecule has 0 saturated carbocycles. The molecule has 0 spiro atoms. The molecule has 0 aliphatic carbocycles. The highest BCUT2D eigenvalue weighted by atomic mass is 32.2. The van der Waals surface area contributed by atoms with Crippen molar-refractivity contribution in [2.75, 3.05) is 65.6 Å². The van der Waals surface area contributed by atoms with Gasteiger partial charge in [0.1, 0.15) is 42.3 Å². The summed E-state index contributed by atoms with van der Waals surface area (Å²) >= 11 is 0. The van der Waals surface area contributed by atoms with E-state index in [0.717, 1.165) is 73.7 Å². The molecule has 0 radical (unpaired) electrons. The maximum absolute atomic E-state index is 13.2. The lowest BCUT2D eigenvalue weighted by atomic mass is 10.1. The monoisotopic (exact) mass is 1090 g/mol. The van der Waals surface area contributed by atoms with E-state index in [9.17, 15) is 46.2 Å². The first-order chi connectivity index (χ1) is 36.5. The molecule has 4 heterocycles. The third kappa shape index (κ3) is 16.1. The van der Waals surface area contributed by atoms with Crippen molar-refractivity contribution >= 4 is 43.8 Å². The number of rotatable bonds is 23. The van der Waals surface area contributed by atoms with Crippen LogP contribution in [0.3, 0.4) is 0 Å². The zero-order valence-corrected chi connectivity index (χ0v) is 45.3. The molecule has 0 bridgehead atoms. The lowest BCUT2D eigenvalue weighted by Gasteiger charge is -2.26. The van der Waals surface area contributed by atoms with Gasteiger partial charge in [0.25, 0.3) is 0 Å². The molecule has 0 unspecified atom stereocenters. The second-order valence-electron chi connectivity index (χ2n) is 20.2. The average Bonchev–Trinajstić information content (AvgIpc) is 4.24. The maximum Gasteiger partial charge on any atom is 0.326 e. The number of likely N-dealkylation sites (tertiary alicyclic amines) is 2. The summed E-state index contributed by atoms with van der Waals surface area (Å²) in [5, 5.41) is 24.7. The van der Waals surface area contributed by atoms with E-state index in [1.807, 2.05) is 26.0 Å². The summed E-state index contributed by atoms with van der Waals surface area (Å²) in [6.07, 6.45) is 9.17. The predicted octanol–water partition coefficient (Wildman–Crippen LogP) is 5.65. The molecule has 4 aromatic carbocycles. The second-order valence-corrected chi connectivity index (χ2v) is 24.0. The van der Waals surface area contributed by atoms with Crippen LogP contribution >= 0.6 is 0 Å². The molecule has 76 heavy (non-hydrogen) atoms. The number of carbonyl (C=O) groups excluding carboxylic acids is 2. The number of nitrogens with one attached hydrogen (secondary N) is 2. The number of nitrogens with zero attached hydrogens (tertiary/aromatic N) is 4. The molecule has 4 atom stereocenters. The van der Waals surface area contributed by atoms with Crippen LogP contribution in [0.15, 0.2) is 107 Å². The number of aryl methyl sites for hydroxylation is 2. The number of carboxylic acid groups (broad SMARTS) is 2. The molecule has 20 heteroatoms. The fourth-order valence-corrected chi connectivity index (χ4v) is 13.4. The van der Waals surface area contributed by atoms with Crippen LogP contribution in [0.2, 0.25) is 0 Å². The van der Waals surface area contributed by atoms with Crippen molar-refractivity contribution in [1.29, 1.82) is 0 Å². The number of amides is 2. The van der Waals surface area contributed by atoms with Gasteiger partial charge in [-0.3, -0.25) is 14.5 Å². The Labute approximate surface area is 447 Å². The third-order valence-electron chi connectivity index (χ3n) is 14.4. The number of piperidine rings is 1. The summed E-state index contributed by atoms with van der Waals surface area (Å²) in [5.74, 6) is -2.11. The predicted molar refractivity (Wildman–Crippen MR) is 287 cm³/mol. The molecule has 4 aliphatic heterocycles. The van der Waals surface area contributed by atoms with Gasteiger partial charge in [-0.25, -0.2) is 26.4 Å². The minimum absolute atomic E-state index is 0.0760. The van der Waals surface area contributed by atoms with Gasteiger partial charge in [0.15, 0.2) is 0 Å². The first kappa shape index (κ1) is 57.8. The SMILES string of the molecule is Cc1ccc(S(=O)(=O)N2CCC[C@H]2C(=O)N[C@@H](Cc2ccc(OCCCN3CCCCC3)cc2)C(=O)O)cc1.Cc1ccc(S(=O)(=O)N2CCC[C@H]2C(=O)N[C@@H](Cc2ccc(OCCN3CCCC3)cc2)C(=O)O)cc1. The van der Waals surface area contributed by atoms with Gasteiger partial charge in [0.2, 0.25) is 31.9 Å². The van der Waals surface area contributed by atoms with Crippen LogP contribution in [0.5, 0.6) is 11.5 Å². The lowest BCUT2D eigenvalue weighted by molar-refractivity contribution is -0.142. The molecule has 4 N–H and O–H groups in total. The zero-order valence-electron chi connectivity index (χ0n) is 43.7. The number of hydrogen-bond acceptors (Lipinski definition) is 12. The zero-order chi connectivity index (χ0) is 54.2. The Hall–Kier alpha value is -5.90. The topological polar surface area (TPSA) is 232 Å². The minimum Gasteiger partial charge on any atom is -0.494 e. The highest BCUT2D eigenvalue weighted by molar-refractivity contribution is 7.89. The summed E-state index contributed by atoms with van der Waals surface area (Å²) in [7, 11) is -7.75. The van der Waals surface area contributed by atoms with Crippen molar-refractivity contribution in [2.24, 2.45) is 0 Å². The Morgan fingerprint density at radius 2 is 0.895 bits per heavy atom. The van der Waals surface area contributed by atoms with Crippen LogP contribution < -0.4 is 20.1 Å². The Morgan fingerprint density at radius 3 is 1.30 bits per heavy atom. The number of carboxylic acids is 2. The lowest BCUT2D eigenvalue weighted by Crippen LogP contribution is -2.51. The van der Waals surface area contributed by atoms with Crippen LogP contribution in [0.25, 0.3) is 0 Å². The van der Waals surface area contributed by atoms with Crippen LogP contribution in [-0.4, -0.2) is 159 Å². The van der Waals surface area contributed by atoms with Crippen molar-refractivity contribution in [1.82, 2.24) is 29.0 Å². The molecular formula is C56H74N6O12S2. The van der Waals surface area contributed by atoms with Gasteiger partial charge in [-0.05, 0) is 157 Å². The first-order valence-electron chi connectivity index (χ1n) is 26.6. The van der Waals surface area contributed by atoms with Gasteiger partial charge in [-0.2, -0.15) is 8.61 Å². The number of sulfonamides is 2. The largest absolute Gasteiger partial charge is 0.494 e. The third-order valence-corrected chi connectivity index (χ3v) is 18.3. The Balaban J connectivity index is 0.000000221. The molecule has 4 saturated heterocycles. The molecule has 18 nitrogen and oxygen atoms in total. The number of benzene rings is 4. The van der Waals surface area contributed by atoms with E-state index in [2.05, 4.69) is 20.4 Å². The summed E-state index contributed by atoms with van der Waals surface area (Å²) in [6.45, 7) is 11.8. The van der Waals surface area contributed by atoms with E-state index in [1.165, 1.54) is 65.0 Å². The number of ether oxygens (including phenoxy) is 2.